The predicted octanol–water partition coefficient (Wildman–Crippen LogP) is 5.45. The molecule has 0 fully saturated rings. The predicted molar refractivity (Wildman–Crippen MR) is 101 cm³/mol. The number of unbranched alkanes of at least 4 members (excludes halogenated alkanes) is 7. The van der Waals surface area contributed by atoms with Crippen LogP contribution in [0.5, 0.6) is 5.75 Å². The minimum atomic E-state index is 0.790. The van der Waals surface area contributed by atoms with Crippen molar-refractivity contribution in [1.29, 1.82) is 0 Å². The molecule has 2 nitrogen and oxygen atoms in total. The molecule has 0 heterocycles. The first-order chi connectivity index (χ1) is 11.0. The minimum Gasteiger partial charge on any atom is -0.487 e. The molecule has 1 aromatic carbocycles. The third kappa shape index (κ3) is 10.4. The van der Waals surface area contributed by atoms with Gasteiger partial charge < -0.3 is 9.22 Å². The summed E-state index contributed by atoms with van der Waals surface area (Å²) in [6.07, 6.45) is 12.1. The van der Waals surface area contributed by atoms with Gasteiger partial charge in [0.05, 0.1) is 21.1 Å². The van der Waals surface area contributed by atoms with E-state index in [4.69, 9.17) is 4.74 Å². The number of ether oxygens (including phenoxy) is 1. The molecule has 0 spiro atoms. The summed E-state index contributed by atoms with van der Waals surface area (Å²) in [6.45, 7) is 4.10. The smallest absolute Gasteiger partial charge is 0.137 e. The number of quaternary nitrogens is 1. The summed E-state index contributed by atoms with van der Waals surface area (Å²) in [6, 6.07) is 8.56. The van der Waals surface area contributed by atoms with Gasteiger partial charge in [-0.25, -0.2) is 0 Å². The second kappa shape index (κ2) is 11.5. The van der Waals surface area contributed by atoms with Crippen molar-refractivity contribution in [2.45, 2.75) is 64.7 Å². The Kier molecular flexibility index (Phi) is 10.0. The Labute approximate surface area is 144 Å². The van der Waals surface area contributed by atoms with E-state index in [1.54, 1.807) is 0 Å². The lowest BCUT2D eigenvalue weighted by molar-refractivity contribution is -0.870. The van der Waals surface area contributed by atoms with Gasteiger partial charge in [-0.05, 0) is 24.5 Å². The van der Waals surface area contributed by atoms with Crippen LogP contribution < -0.4 is 4.74 Å². The Morgan fingerprint density at radius 1 is 0.826 bits per heavy atom. The maximum absolute atomic E-state index is 6.02. The summed E-state index contributed by atoms with van der Waals surface area (Å²) in [5.74, 6) is 1.09. The fourth-order valence-corrected chi connectivity index (χ4v) is 2.73. The number of benzene rings is 1. The second-order valence-corrected chi connectivity index (χ2v) is 7.69. The van der Waals surface area contributed by atoms with Gasteiger partial charge in [-0.2, -0.15) is 0 Å². The van der Waals surface area contributed by atoms with Crippen LogP contribution in [0.15, 0.2) is 24.3 Å². The molecule has 132 valence electrons. The van der Waals surface area contributed by atoms with Crippen molar-refractivity contribution >= 4 is 0 Å². The van der Waals surface area contributed by atoms with Gasteiger partial charge in [-0.3, -0.25) is 0 Å². The zero-order valence-electron chi connectivity index (χ0n) is 15.9. The SMILES string of the molecule is CCCCCCCCCCc1ccccc1OCC[N+](C)(C)C. The lowest BCUT2D eigenvalue weighted by Crippen LogP contribution is -2.38. The number of rotatable bonds is 13. The highest BCUT2D eigenvalue weighted by Gasteiger charge is 2.08. The van der Waals surface area contributed by atoms with E-state index in [2.05, 4.69) is 52.3 Å². The summed E-state index contributed by atoms with van der Waals surface area (Å²) in [4.78, 5) is 0. The molecule has 0 aromatic heterocycles. The lowest BCUT2D eigenvalue weighted by Gasteiger charge is -2.24. The first-order valence-corrected chi connectivity index (χ1v) is 9.54. The van der Waals surface area contributed by atoms with E-state index in [1.165, 1.54) is 56.9 Å². The summed E-state index contributed by atoms with van der Waals surface area (Å²) in [5, 5.41) is 0. The molecule has 0 bridgehead atoms. The number of nitrogens with zero attached hydrogens (tertiary/aromatic N) is 1. The average Bonchev–Trinajstić information content (AvgIpc) is 2.50. The van der Waals surface area contributed by atoms with Gasteiger partial charge in [0.2, 0.25) is 0 Å². The molecule has 2 heteroatoms. The third-order valence-corrected chi connectivity index (χ3v) is 4.29. The Morgan fingerprint density at radius 2 is 1.43 bits per heavy atom. The lowest BCUT2D eigenvalue weighted by atomic mass is 10.0. The molecule has 0 aliphatic rings. The quantitative estimate of drug-likeness (QED) is 0.346. The second-order valence-electron chi connectivity index (χ2n) is 7.69. The first kappa shape index (κ1) is 20.0. The summed E-state index contributed by atoms with van der Waals surface area (Å²) in [5.41, 5.74) is 1.37. The third-order valence-electron chi connectivity index (χ3n) is 4.29. The molecular formula is C21H38NO+. The van der Waals surface area contributed by atoms with E-state index >= 15 is 0 Å². The molecule has 0 unspecified atom stereocenters. The summed E-state index contributed by atoms with van der Waals surface area (Å²) in [7, 11) is 6.61. The number of likely N-dealkylation sites (N-methyl/N-ethyl adjacent to an activating group) is 1. The molecule has 23 heavy (non-hydrogen) atoms. The molecule has 1 aromatic rings. The highest BCUT2D eigenvalue weighted by Crippen LogP contribution is 2.21. The van der Waals surface area contributed by atoms with Gasteiger partial charge in [0.15, 0.2) is 0 Å². The Hall–Kier alpha value is -1.02. The Balaban J connectivity index is 2.23. The molecule has 0 radical (unpaired) electrons. The number of hydrogen-bond acceptors (Lipinski definition) is 1. The minimum absolute atomic E-state index is 0.790. The maximum Gasteiger partial charge on any atom is 0.137 e. The van der Waals surface area contributed by atoms with E-state index in [-0.39, 0.29) is 0 Å². The van der Waals surface area contributed by atoms with E-state index in [0.29, 0.717) is 0 Å². The summed E-state index contributed by atoms with van der Waals surface area (Å²) >= 11 is 0. The zero-order valence-corrected chi connectivity index (χ0v) is 15.9. The zero-order chi connectivity index (χ0) is 17.0. The van der Waals surface area contributed by atoms with Crippen LogP contribution in [-0.2, 0) is 6.42 Å². The molecule has 0 atom stereocenters. The van der Waals surface area contributed by atoms with Crippen LogP contribution in [0.25, 0.3) is 0 Å². The van der Waals surface area contributed by atoms with Crippen LogP contribution in [0, 0.1) is 0 Å². The van der Waals surface area contributed by atoms with Crippen molar-refractivity contribution < 1.29 is 9.22 Å². The fraction of sp³-hybridized carbons (Fsp3) is 0.714. The molecule has 0 N–H and O–H groups in total. The first-order valence-electron chi connectivity index (χ1n) is 9.54. The molecule has 1 rings (SSSR count). The van der Waals surface area contributed by atoms with Crippen molar-refractivity contribution in [2.75, 3.05) is 34.3 Å². The molecule has 0 amide bonds. The Bertz CT molecular complexity index is 409. The van der Waals surface area contributed by atoms with Crippen molar-refractivity contribution in [1.82, 2.24) is 0 Å². The average molecular weight is 321 g/mol. The van der Waals surface area contributed by atoms with Gasteiger partial charge in [0.1, 0.15) is 18.9 Å². The van der Waals surface area contributed by atoms with Crippen LogP contribution in [-0.4, -0.2) is 38.8 Å². The molecule has 0 saturated heterocycles. The van der Waals surface area contributed by atoms with Crippen LogP contribution >= 0.6 is 0 Å². The van der Waals surface area contributed by atoms with E-state index in [9.17, 15) is 0 Å². The van der Waals surface area contributed by atoms with E-state index < -0.39 is 0 Å². The van der Waals surface area contributed by atoms with Gasteiger partial charge in [0.25, 0.3) is 0 Å². The molecule has 0 aliphatic heterocycles. The van der Waals surface area contributed by atoms with Crippen molar-refractivity contribution in [3.63, 3.8) is 0 Å². The van der Waals surface area contributed by atoms with Crippen LogP contribution in [0.4, 0.5) is 0 Å². The highest BCUT2D eigenvalue weighted by atomic mass is 16.5. The van der Waals surface area contributed by atoms with Crippen molar-refractivity contribution in [3.05, 3.63) is 29.8 Å². The normalized spacial score (nSPS) is 11.7. The van der Waals surface area contributed by atoms with Crippen molar-refractivity contribution in [2.24, 2.45) is 0 Å². The van der Waals surface area contributed by atoms with E-state index in [0.717, 1.165) is 29.8 Å². The van der Waals surface area contributed by atoms with Crippen LogP contribution in [0.3, 0.4) is 0 Å². The highest BCUT2D eigenvalue weighted by molar-refractivity contribution is 5.33. The standard InChI is InChI=1S/C21H38NO/c1-5-6-7-8-9-10-11-12-15-20-16-13-14-17-21(20)23-19-18-22(2,3)4/h13-14,16-17H,5-12,15,18-19H2,1-4H3/q+1. The van der Waals surface area contributed by atoms with Gasteiger partial charge in [-0.1, -0.05) is 70.1 Å². The van der Waals surface area contributed by atoms with Crippen molar-refractivity contribution in [3.8, 4) is 5.75 Å². The molecular weight excluding hydrogens is 282 g/mol. The molecule has 0 aliphatic carbocycles. The molecule has 0 saturated carbocycles. The summed E-state index contributed by atoms with van der Waals surface area (Å²) < 4.78 is 6.96. The van der Waals surface area contributed by atoms with E-state index in [1.807, 2.05) is 0 Å². The topological polar surface area (TPSA) is 9.23 Å². The van der Waals surface area contributed by atoms with Gasteiger partial charge >= 0.3 is 0 Å². The monoisotopic (exact) mass is 320 g/mol. The number of hydrogen-bond donors (Lipinski definition) is 0. The van der Waals surface area contributed by atoms with Crippen LogP contribution in [0.1, 0.15) is 63.9 Å². The fourth-order valence-electron chi connectivity index (χ4n) is 2.73. The maximum atomic E-state index is 6.02. The van der Waals surface area contributed by atoms with Gasteiger partial charge in [-0.15, -0.1) is 0 Å². The number of para-hydroxylation sites is 1. The number of aryl methyl sites for hydroxylation is 1. The van der Waals surface area contributed by atoms with Gasteiger partial charge in [0, 0.05) is 0 Å². The largest absolute Gasteiger partial charge is 0.487 e. The van der Waals surface area contributed by atoms with Crippen LogP contribution in [0.2, 0.25) is 0 Å². The Morgan fingerprint density at radius 3 is 2.09 bits per heavy atom.